The molecule has 0 spiro atoms. The summed E-state index contributed by atoms with van der Waals surface area (Å²) >= 11 is 0. The zero-order valence-corrected chi connectivity index (χ0v) is 17.8. The van der Waals surface area contributed by atoms with Gasteiger partial charge in [-0.1, -0.05) is 60.2 Å². The summed E-state index contributed by atoms with van der Waals surface area (Å²) in [5.74, 6) is 0.784. The van der Waals surface area contributed by atoms with Gasteiger partial charge in [0.15, 0.2) is 0 Å². The van der Waals surface area contributed by atoms with E-state index in [1.165, 1.54) is 11.1 Å². The van der Waals surface area contributed by atoms with Gasteiger partial charge < -0.3 is 9.64 Å². The van der Waals surface area contributed by atoms with Gasteiger partial charge >= 0.3 is 6.03 Å². The molecular weight excluding hydrogens is 372 g/mol. The van der Waals surface area contributed by atoms with E-state index in [2.05, 4.69) is 50.2 Å². The number of methoxy groups -OCH3 is 1. The molecule has 1 heterocycles. The predicted octanol–water partition coefficient (Wildman–Crippen LogP) is 5.45. The second-order valence-electron chi connectivity index (χ2n) is 8.32. The van der Waals surface area contributed by atoms with Gasteiger partial charge in [0, 0.05) is 18.8 Å². The van der Waals surface area contributed by atoms with Gasteiger partial charge in [0.2, 0.25) is 0 Å². The molecule has 0 aliphatic carbocycles. The lowest BCUT2D eigenvalue weighted by Crippen LogP contribution is -2.46. The molecule has 0 saturated carbocycles. The van der Waals surface area contributed by atoms with Crippen molar-refractivity contribution in [3.63, 3.8) is 0 Å². The molecule has 0 aromatic heterocycles. The van der Waals surface area contributed by atoms with E-state index in [4.69, 9.17) is 4.74 Å². The summed E-state index contributed by atoms with van der Waals surface area (Å²) in [6.45, 7) is 5.55. The summed E-state index contributed by atoms with van der Waals surface area (Å²) in [4.78, 5) is 17.5. The Morgan fingerprint density at radius 3 is 2.20 bits per heavy atom. The van der Waals surface area contributed by atoms with Crippen molar-refractivity contribution >= 4 is 11.7 Å². The average molecular weight is 401 g/mol. The summed E-state index contributed by atoms with van der Waals surface area (Å²) in [5, 5.41) is 0. The average Bonchev–Trinajstić information content (AvgIpc) is 3.00. The third kappa shape index (κ3) is 4.04. The predicted molar refractivity (Wildman–Crippen MR) is 121 cm³/mol. The second-order valence-corrected chi connectivity index (χ2v) is 8.32. The van der Waals surface area contributed by atoms with Crippen molar-refractivity contribution in [2.45, 2.75) is 32.4 Å². The Labute approximate surface area is 178 Å². The number of aryl methyl sites for hydroxylation is 1. The third-order valence-electron chi connectivity index (χ3n) is 5.79. The Kier molecular flexibility index (Phi) is 5.49. The van der Waals surface area contributed by atoms with Crippen LogP contribution in [0.25, 0.3) is 0 Å². The first kappa shape index (κ1) is 20.0. The van der Waals surface area contributed by atoms with E-state index in [0.29, 0.717) is 13.1 Å². The van der Waals surface area contributed by atoms with E-state index >= 15 is 0 Å². The van der Waals surface area contributed by atoms with Crippen LogP contribution in [0.1, 0.15) is 23.6 Å². The highest BCUT2D eigenvalue weighted by molar-refractivity contribution is 5.96. The molecule has 1 aliphatic rings. The number of hydrogen-bond acceptors (Lipinski definition) is 2. The molecule has 3 aromatic rings. The van der Waals surface area contributed by atoms with Crippen LogP contribution in [0, 0.1) is 6.92 Å². The lowest BCUT2D eigenvalue weighted by molar-refractivity contribution is 0.218. The van der Waals surface area contributed by atoms with E-state index in [1.54, 1.807) is 7.11 Å². The van der Waals surface area contributed by atoms with Crippen LogP contribution in [0.5, 0.6) is 5.75 Å². The van der Waals surface area contributed by atoms with Crippen LogP contribution in [0.2, 0.25) is 0 Å². The van der Waals surface area contributed by atoms with Crippen molar-refractivity contribution in [2.75, 3.05) is 18.6 Å². The molecule has 4 nitrogen and oxygen atoms in total. The van der Waals surface area contributed by atoms with Crippen molar-refractivity contribution in [2.24, 2.45) is 0 Å². The molecule has 1 atom stereocenters. The first-order chi connectivity index (χ1) is 14.5. The second kappa shape index (κ2) is 8.23. The van der Waals surface area contributed by atoms with Crippen molar-refractivity contribution in [1.82, 2.24) is 4.90 Å². The van der Waals surface area contributed by atoms with Gasteiger partial charge in [-0.15, -0.1) is 0 Å². The number of urea groups is 1. The molecule has 30 heavy (non-hydrogen) atoms. The molecule has 1 aliphatic heterocycles. The van der Waals surface area contributed by atoms with E-state index in [1.807, 2.05) is 52.3 Å². The molecule has 4 heteroatoms. The fourth-order valence-electron chi connectivity index (χ4n) is 4.28. The number of rotatable bonds is 6. The smallest absolute Gasteiger partial charge is 0.325 e. The molecule has 0 bridgehead atoms. The van der Waals surface area contributed by atoms with Crippen molar-refractivity contribution in [3.8, 4) is 5.75 Å². The van der Waals surface area contributed by atoms with E-state index in [9.17, 15) is 4.79 Å². The highest BCUT2D eigenvalue weighted by Gasteiger charge is 2.47. The van der Waals surface area contributed by atoms with Gasteiger partial charge in [0.05, 0.1) is 12.6 Å². The molecule has 0 unspecified atom stereocenters. The number of amides is 2. The quantitative estimate of drug-likeness (QED) is 0.551. The van der Waals surface area contributed by atoms with Gasteiger partial charge in [-0.05, 0) is 55.7 Å². The summed E-state index contributed by atoms with van der Waals surface area (Å²) < 4.78 is 5.30. The normalized spacial score (nSPS) is 18.7. The van der Waals surface area contributed by atoms with Gasteiger partial charge in [-0.2, -0.15) is 0 Å². The van der Waals surface area contributed by atoms with Crippen molar-refractivity contribution in [3.05, 3.63) is 95.6 Å². The minimum absolute atomic E-state index is 0.0404. The van der Waals surface area contributed by atoms with Crippen LogP contribution in [0.15, 0.2) is 78.9 Å². The fraction of sp³-hybridized carbons (Fsp3) is 0.269. The number of nitrogens with zero attached hydrogens (tertiary/aromatic N) is 2. The molecular formula is C26H28N2O2. The Morgan fingerprint density at radius 2 is 1.57 bits per heavy atom. The van der Waals surface area contributed by atoms with Gasteiger partial charge in [0.25, 0.3) is 0 Å². The monoisotopic (exact) mass is 400 g/mol. The molecule has 0 N–H and O–H groups in total. The van der Waals surface area contributed by atoms with Crippen molar-refractivity contribution < 1.29 is 9.53 Å². The first-order valence-electron chi connectivity index (χ1n) is 10.3. The molecule has 1 saturated heterocycles. The molecule has 1 fully saturated rings. The Bertz CT molecular complexity index is 999. The topological polar surface area (TPSA) is 32.8 Å². The Hall–Kier alpha value is -3.27. The number of benzene rings is 3. The van der Waals surface area contributed by atoms with Crippen molar-refractivity contribution in [1.29, 1.82) is 0 Å². The van der Waals surface area contributed by atoms with E-state index < -0.39 is 0 Å². The van der Waals surface area contributed by atoms with Crippen LogP contribution in [-0.4, -0.2) is 30.1 Å². The van der Waals surface area contributed by atoms with Crippen LogP contribution in [-0.2, 0) is 13.0 Å². The maximum absolute atomic E-state index is 13.5. The zero-order valence-electron chi connectivity index (χ0n) is 17.8. The molecule has 154 valence electrons. The molecule has 4 rings (SSSR count). The number of carbonyl (C=O) groups is 1. The minimum Gasteiger partial charge on any atom is -0.497 e. The van der Waals surface area contributed by atoms with Gasteiger partial charge in [0.1, 0.15) is 5.75 Å². The van der Waals surface area contributed by atoms with Crippen LogP contribution in [0.4, 0.5) is 10.5 Å². The number of carbonyl (C=O) groups excluding carboxylic acids is 1. The maximum Gasteiger partial charge on any atom is 0.325 e. The lowest BCUT2D eigenvalue weighted by atomic mass is 9.91. The largest absolute Gasteiger partial charge is 0.497 e. The number of anilines is 1. The molecule has 0 radical (unpaired) electrons. The van der Waals surface area contributed by atoms with Crippen LogP contribution in [0.3, 0.4) is 0 Å². The number of hydrogen-bond donors (Lipinski definition) is 0. The SMILES string of the molecule is COc1ccc(N2C(=O)N(Cc3ccccc3)C[C@@]2(C)Cc2ccc(C)cc2)cc1. The summed E-state index contributed by atoms with van der Waals surface area (Å²) in [5.41, 5.74) is 4.15. The van der Waals surface area contributed by atoms with E-state index in [0.717, 1.165) is 23.4 Å². The fourth-order valence-corrected chi connectivity index (χ4v) is 4.28. The van der Waals surface area contributed by atoms with Gasteiger partial charge in [-0.25, -0.2) is 4.79 Å². The third-order valence-corrected chi connectivity index (χ3v) is 5.79. The summed E-state index contributed by atoms with van der Waals surface area (Å²) in [6, 6.07) is 26.6. The Balaban J connectivity index is 1.67. The molecule has 2 amide bonds. The van der Waals surface area contributed by atoms with Crippen LogP contribution >= 0.6 is 0 Å². The highest BCUT2D eigenvalue weighted by atomic mass is 16.5. The first-order valence-corrected chi connectivity index (χ1v) is 10.3. The minimum atomic E-state index is -0.351. The molecule has 3 aromatic carbocycles. The van der Waals surface area contributed by atoms with Crippen LogP contribution < -0.4 is 9.64 Å². The zero-order chi connectivity index (χ0) is 21.1. The van der Waals surface area contributed by atoms with Gasteiger partial charge in [-0.3, -0.25) is 4.90 Å². The number of ether oxygens (including phenoxy) is 1. The maximum atomic E-state index is 13.5. The Morgan fingerprint density at radius 1 is 0.900 bits per heavy atom. The lowest BCUT2D eigenvalue weighted by Gasteiger charge is -2.34. The summed E-state index contributed by atoms with van der Waals surface area (Å²) in [7, 11) is 1.65. The highest BCUT2D eigenvalue weighted by Crippen LogP contribution is 2.36. The summed E-state index contributed by atoms with van der Waals surface area (Å²) in [6.07, 6.45) is 0.788. The standard InChI is InChI=1S/C26H28N2O2/c1-20-9-11-21(12-10-20)17-26(2)19-27(18-22-7-5-4-6-8-22)25(29)28(26)23-13-15-24(30-3)16-14-23/h4-16H,17-19H2,1-3H3/t26-/m1/s1. The van der Waals surface area contributed by atoms with E-state index in [-0.39, 0.29) is 11.6 Å².